The quantitative estimate of drug-likeness (QED) is 0.743. The van der Waals surface area contributed by atoms with E-state index in [2.05, 4.69) is 26.1 Å². The van der Waals surface area contributed by atoms with E-state index in [1.807, 2.05) is 29.2 Å². The van der Waals surface area contributed by atoms with Crippen LogP contribution < -0.4 is 9.64 Å². The second kappa shape index (κ2) is 7.39. The lowest BCUT2D eigenvalue weighted by Gasteiger charge is -2.35. The molecule has 2 aliphatic rings. The summed E-state index contributed by atoms with van der Waals surface area (Å²) in [7, 11) is 1.64. The van der Waals surface area contributed by atoms with Crippen LogP contribution in [0.2, 0.25) is 0 Å². The Labute approximate surface area is 169 Å². The summed E-state index contributed by atoms with van der Waals surface area (Å²) in [4.78, 5) is 20.4. The van der Waals surface area contributed by atoms with E-state index >= 15 is 0 Å². The summed E-state index contributed by atoms with van der Waals surface area (Å²) < 4.78 is 5.26. The maximum Gasteiger partial charge on any atom is 0.270 e. The van der Waals surface area contributed by atoms with Crippen molar-refractivity contribution in [1.29, 1.82) is 0 Å². The molecule has 1 N–H and O–H groups in total. The normalized spacial score (nSPS) is 16.7. The first-order valence-electron chi connectivity index (χ1n) is 10.3. The molecule has 7 nitrogen and oxygen atoms in total. The largest absolute Gasteiger partial charge is 0.497 e. The van der Waals surface area contributed by atoms with Gasteiger partial charge in [0, 0.05) is 43.1 Å². The number of nitrogens with one attached hydrogen (secondary N) is 1. The van der Waals surface area contributed by atoms with E-state index in [9.17, 15) is 4.79 Å². The maximum atomic E-state index is 13.0. The third-order valence-electron chi connectivity index (χ3n) is 6.01. The van der Waals surface area contributed by atoms with Gasteiger partial charge in [0.2, 0.25) is 0 Å². The molecule has 1 aliphatic carbocycles. The molecule has 150 valence electrons. The van der Waals surface area contributed by atoms with Crippen LogP contribution in [0.25, 0.3) is 10.9 Å². The number of aryl methyl sites for hydroxylation is 2. The van der Waals surface area contributed by atoms with Crippen LogP contribution in [0.15, 0.2) is 30.3 Å². The van der Waals surface area contributed by atoms with Crippen LogP contribution in [-0.4, -0.2) is 59.3 Å². The summed E-state index contributed by atoms with van der Waals surface area (Å²) in [6, 6.07) is 9.90. The Kier molecular flexibility index (Phi) is 4.58. The van der Waals surface area contributed by atoms with E-state index in [4.69, 9.17) is 4.74 Å². The van der Waals surface area contributed by atoms with Gasteiger partial charge < -0.3 is 19.5 Å². The van der Waals surface area contributed by atoms with Crippen LogP contribution >= 0.6 is 0 Å². The number of ether oxygens (including phenoxy) is 1. The highest BCUT2D eigenvalue weighted by Gasteiger charge is 2.25. The minimum Gasteiger partial charge on any atom is -0.497 e. The number of carbonyl (C=O) groups is 1. The Morgan fingerprint density at radius 2 is 1.86 bits per heavy atom. The summed E-state index contributed by atoms with van der Waals surface area (Å²) >= 11 is 0. The topological polar surface area (TPSA) is 74.3 Å². The smallest absolute Gasteiger partial charge is 0.270 e. The number of H-pyrrole nitrogens is 1. The Balaban J connectivity index is 1.27. The molecule has 3 aromatic rings. The summed E-state index contributed by atoms with van der Waals surface area (Å²) in [5, 5.41) is 9.90. The SMILES string of the molecule is COc1ccc2cc(C(=O)N3CCN(c4cc5c(nn4)CCCC5)CC3)[nH]c2c1. The number of benzene rings is 1. The number of fused-ring (bicyclic) bond motifs is 2. The number of rotatable bonds is 3. The van der Waals surface area contributed by atoms with Crippen molar-refractivity contribution in [2.24, 2.45) is 0 Å². The fourth-order valence-corrected chi connectivity index (χ4v) is 4.29. The van der Waals surface area contributed by atoms with Crippen molar-refractivity contribution < 1.29 is 9.53 Å². The van der Waals surface area contributed by atoms with Gasteiger partial charge in [0.25, 0.3) is 5.91 Å². The number of hydrogen-bond donors (Lipinski definition) is 1. The van der Waals surface area contributed by atoms with E-state index in [-0.39, 0.29) is 5.91 Å². The van der Waals surface area contributed by atoms with E-state index in [0.29, 0.717) is 18.8 Å². The number of carbonyl (C=O) groups excluding carboxylic acids is 1. The molecular formula is C22H25N5O2. The number of anilines is 1. The number of nitrogens with zero attached hydrogens (tertiary/aromatic N) is 4. The molecule has 1 fully saturated rings. The van der Waals surface area contributed by atoms with Gasteiger partial charge in [-0.2, -0.15) is 5.10 Å². The van der Waals surface area contributed by atoms with Crippen LogP contribution in [0, 0.1) is 0 Å². The third-order valence-corrected chi connectivity index (χ3v) is 6.01. The number of amides is 1. The van der Waals surface area contributed by atoms with Gasteiger partial charge >= 0.3 is 0 Å². The highest BCUT2D eigenvalue weighted by Crippen LogP contribution is 2.24. The molecule has 29 heavy (non-hydrogen) atoms. The van der Waals surface area contributed by atoms with Gasteiger partial charge in [-0.3, -0.25) is 4.79 Å². The first kappa shape index (κ1) is 18.0. The number of aromatic nitrogens is 3. The van der Waals surface area contributed by atoms with Crippen LogP contribution in [-0.2, 0) is 12.8 Å². The molecular weight excluding hydrogens is 366 g/mol. The van der Waals surface area contributed by atoms with Gasteiger partial charge in [0.15, 0.2) is 5.82 Å². The molecule has 1 saturated heterocycles. The first-order chi connectivity index (χ1) is 14.2. The monoisotopic (exact) mass is 391 g/mol. The van der Waals surface area contributed by atoms with E-state index in [1.165, 1.54) is 18.4 Å². The Hall–Kier alpha value is -3.09. The number of methoxy groups -OCH3 is 1. The zero-order valence-corrected chi connectivity index (χ0v) is 16.6. The lowest BCUT2D eigenvalue weighted by Crippen LogP contribution is -2.49. The molecule has 2 aromatic heterocycles. The molecule has 1 aliphatic heterocycles. The molecule has 0 bridgehead atoms. The zero-order chi connectivity index (χ0) is 19.8. The number of hydrogen-bond acceptors (Lipinski definition) is 5. The molecule has 0 unspecified atom stereocenters. The highest BCUT2D eigenvalue weighted by molar-refractivity contribution is 5.98. The van der Waals surface area contributed by atoms with Gasteiger partial charge in [-0.05, 0) is 55.5 Å². The molecule has 0 atom stereocenters. The second-order valence-electron chi connectivity index (χ2n) is 7.80. The molecule has 0 saturated carbocycles. The number of piperazine rings is 1. The standard InChI is InChI=1S/C22H25N5O2/c1-29-17-7-6-16-12-20(23-19(16)14-17)22(28)27-10-8-26(9-11-27)21-13-15-4-2-3-5-18(15)24-25-21/h6-7,12-14,23H,2-5,8-11H2,1H3. The van der Waals surface area contributed by atoms with Gasteiger partial charge in [0.1, 0.15) is 11.4 Å². The van der Waals surface area contributed by atoms with Crippen molar-refractivity contribution in [1.82, 2.24) is 20.1 Å². The predicted octanol–water partition coefficient (Wildman–Crippen LogP) is 2.81. The molecule has 7 heteroatoms. The van der Waals surface area contributed by atoms with Crippen LogP contribution in [0.3, 0.4) is 0 Å². The van der Waals surface area contributed by atoms with Gasteiger partial charge in [-0.15, -0.1) is 5.10 Å². The van der Waals surface area contributed by atoms with E-state index in [1.54, 1.807) is 7.11 Å². The van der Waals surface area contributed by atoms with Crippen molar-refractivity contribution in [3.8, 4) is 5.75 Å². The summed E-state index contributed by atoms with van der Waals surface area (Å²) in [5.41, 5.74) is 4.03. The fourth-order valence-electron chi connectivity index (χ4n) is 4.29. The first-order valence-corrected chi connectivity index (χ1v) is 10.3. The number of aromatic amines is 1. The fraction of sp³-hybridized carbons (Fsp3) is 0.409. The van der Waals surface area contributed by atoms with Crippen molar-refractivity contribution >= 4 is 22.6 Å². The molecule has 3 heterocycles. The Morgan fingerprint density at radius 1 is 1.03 bits per heavy atom. The summed E-state index contributed by atoms with van der Waals surface area (Å²) in [5.74, 6) is 1.75. The lowest BCUT2D eigenvalue weighted by molar-refractivity contribution is 0.0741. The van der Waals surface area contributed by atoms with Crippen LogP contribution in [0.5, 0.6) is 5.75 Å². The Morgan fingerprint density at radius 3 is 2.69 bits per heavy atom. The van der Waals surface area contributed by atoms with Gasteiger partial charge in [-0.1, -0.05) is 0 Å². The van der Waals surface area contributed by atoms with Crippen LogP contribution in [0.1, 0.15) is 34.6 Å². The lowest BCUT2D eigenvalue weighted by atomic mass is 9.97. The minimum absolute atomic E-state index is 0.0383. The van der Waals surface area contributed by atoms with Crippen molar-refractivity contribution in [3.05, 3.63) is 47.3 Å². The zero-order valence-electron chi connectivity index (χ0n) is 16.6. The molecule has 1 amide bonds. The predicted molar refractivity (Wildman–Crippen MR) is 112 cm³/mol. The molecule has 0 spiro atoms. The Bertz CT molecular complexity index is 1050. The maximum absolute atomic E-state index is 13.0. The average molecular weight is 391 g/mol. The summed E-state index contributed by atoms with van der Waals surface area (Å²) in [6.07, 6.45) is 4.59. The minimum atomic E-state index is 0.0383. The van der Waals surface area contributed by atoms with E-state index in [0.717, 1.165) is 54.1 Å². The van der Waals surface area contributed by atoms with Crippen molar-refractivity contribution in [3.63, 3.8) is 0 Å². The molecule has 1 aromatic carbocycles. The second-order valence-corrected chi connectivity index (χ2v) is 7.80. The average Bonchev–Trinajstić information content (AvgIpc) is 3.21. The van der Waals surface area contributed by atoms with Gasteiger partial charge in [0.05, 0.1) is 12.8 Å². The van der Waals surface area contributed by atoms with Gasteiger partial charge in [-0.25, -0.2) is 0 Å². The van der Waals surface area contributed by atoms with E-state index < -0.39 is 0 Å². The highest BCUT2D eigenvalue weighted by atomic mass is 16.5. The van der Waals surface area contributed by atoms with Crippen molar-refractivity contribution in [2.75, 3.05) is 38.2 Å². The molecule has 5 rings (SSSR count). The summed E-state index contributed by atoms with van der Waals surface area (Å²) in [6.45, 7) is 2.90. The molecule has 0 radical (unpaired) electrons. The van der Waals surface area contributed by atoms with Crippen LogP contribution in [0.4, 0.5) is 5.82 Å². The van der Waals surface area contributed by atoms with Crippen molar-refractivity contribution in [2.45, 2.75) is 25.7 Å². The third kappa shape index (κ3) is 3.41.